The number of nitro benzene ring substituents is 1. The van der Waals surface area contributed by atoms with Crippen molar-refractivity contribution in [3.05, 3.63) is 61.9 Å². The van der Waals surface area contributed by atoms with Crippen molar-refractivity contribution in [1.82, 2.24) is 4.98 Å². The molecule has 0 saturated heterocycles. The summed E-state index contributed by atoms with van der Waals surface area (Å²) in [5.41, 5.74) is 1.30. The molecule has 0 unspecified atom stereocenters. The standard InChI is InChI=1S/C18H14BrN3O5S/c1-26-11-4-6-16(27-2)12(8-11)14-9-28-18(20-14)21-17(23)10-3-5-13(19)15(7-10)22(24)25/h3-9H,1-2H3,(H,20,21,23). The van der Waals surface area contributed by atoms with Gasteiger partial charge in [-0.1, -0.05) is 0 Å². The van der Waals surface area contributed by atoms with Gasteiger partial charge in [-0.3, -0.25) is 20.2 Å². The third kappa shape index (κ3) is 4.12. The molecule has 2 aromatic carbocycles. The quantitative estimate of drug-likeness (QED) is 0.417. The number of hydrogen-bond acceptors (Lipinski definition) is 7. The van der Waals surface area contributed by atoms with Crippen LogP contribution in [0.5, 0.6) is 11.5 Å². The highest BCUT2D eigenvalue weighted by atomic mass is 79.9. The zero-order chi connectivity index (χ0) is 20.3. The SMILES string of the molecule is COc1ccc(OC)c(-c2csc(NC(=O)c3ccc(Br)c([N+](=O)[O-])c3)n2)c1. The van der Waals surface area contributed by atoms with Gasteiger partial charge in [0.15, 0.2) is 5.13 Å². The third-order valence-electron chi connectivity index (χ3n) is 3.81. The molecule has 0 atom stereocenters. The number of methoxy groups -OCH3 is 2. The van der Waals surface area contributed by atoms with Crippen LogP contribution in [0.15, 0.2) is 46.3 Å². The number of carbonyl (C=O) groups is 1. The zero-order valence-electron chi connectivity index (χ0n) is 14.8. The van der Waals surface area contributed by atoms with E-state index < -0.39 is 10.8 Å². The van der Waals surface area contributed by atoms with Crippen LogP contribution in [0, 0.1) is 10.1 Å². The molecule has 1 heterocycles. The van der Waals surface area contributed by atoms with Gasteiger partial charge in [0.1, 0.15) is 11.5 Å². The molecule has 1 aromatic heterocycles. The van der Waals surface area contributed by atoms with Crippen molar-refractivity contribution in [2.45, 2.75) is 0 Å². The number of halogens is 1. The van der Waals surface area contributed by atoms with Gasteiger partial charge in [0.05, 0.1) is 29.3 Å². The molecule has 0 radical (unpaired) electrons. The Morgan fingerprint density at radius 2 is 2.00 bits per heavy atom. The second-order valence-electron chi connectivity index (χ2n) is 5.48. The minimum Gasteiger partial charge on any atom is -0.497 e. The first-order valence-corrected chi connectivity index (χ1v) is 9.53. The number of nitrogens with zero attached hydrogens (tertiary/aromatic N) is 2. The molecule has 0 bridgehead atoms. The molecule has 0 aliphatic heterocycles. The minimum atomic E-state index is -0.558. The van der Waals surface area contributed by atoms with E-state index in [0.29, 0.717) is 26.8 Å². The Bertz CT molecular complexity index is 1050. The number of benzene rings is 2. The van der Waals surface area contributed by atoms with Crippen LogP contribution < -0.4 is 14.8 Å². The molecule has 3 aromatic rings. The molecule has 0 aliphatic carbocycles. The number of carbonyl (C=O) groups excluding carboxylic acids is 1. The van der Waals surface area contributed by atoms with Crippen LogP contribution in [0.3, 0.4) is 0 Å². The lowest BCUT2D eigenvalue weighted by atomic mass is 10.1. The number of hydrogen-bond donors (Lipinski definition) is 1. The molecule has 28 heavy (non-hydrogen) atoms. The predicted molar refractivity (Wildman–Crippen MR) is 109 cm³/mol. The average Bonchev–Trinajstić information content (AvgIpc) is 3.15. The average molecular weight is 464 g/mol. The van der Waals surface area contributed by atoms with Gasteiger partial charge in [0.25, 0.3) is 11.6 Å². The van der Waals surface area contributed by atoms with Gasteiger partial charge in [-0.2, -0.15) is 0 Å². The lowest BCUT2D eigenvalue weighted by Crippen LogP contribution is -2.12. The number of thiazole rings is 1. The van der Waals surface area contributed by atoms with Gasteiger partial charge >= 0.3 is 0 Å². The number of aromatic nitrogens is 1. The summed E-state index contributed by atoms with van der Waals surface area (Å²) in [5.74, 6) is 0.776. The Hall–Kier alpha value is -2.98. The fourth-order valence-electron chi connectivity index (χ4n) is 2.43. The van der Waals surface area contributed by atoms with Crippen molar-refractivity contribution in [2.24, 2.45) is 0 Å². The van der Waals surface area contributed by atoms with E-state index in [9.17, 15) is 14.9 Å². The summed E-state index contributed by atoms with van der Waals surface area (Å²) in [6.45, 7) is 0. The summed E-state index contributed by atoms with van der Waals surface area (Å²) >= 11 is 4.33. The molecule has 8 nitrogen and oxygen atoms in total. The van der Waals surface area contributed by atoms with Gasteiger partial charge < -0.3 is 9.47 Å². The van der Waals surface area contributed by atoms with Crippen molar-refractivity contribution in [2.75, 3.05) is 19.5 Å². The molecular weight excluding hydrogens is 450 g/mol. The minimum absolute atomic E-state index is 0.158. The highest BCUT2D eigenvalue weighted by Gasteiger charge is 2.18. The van der Waals surface area contributed by atoms with Crippen LogP contribution in [-0.2, 0) is 0 Å². The molecule has 0 aliphatic rings. The maximum absolute atomic E-state index is 12.4. The first-order valence-electron chi connectivity index (χ1n) is 7.86. The van der Waals surface area contributed by atoms with Crippen molar-refractivity contribution in [3.8, 4) is 22.8 Å². The Balaban J connectivity index is 1.85. The maximum Gasteiger partial charge on any atom is 0.284 e. The molecule has 1 N–H and O–H groups in total. The summed E-state index contributed by atoms with van der Waals surface area (Å²) in [4.78, 5) is 27.3. The second kappa shape index (κ2) is 8.36. The Labute approximate surface area is 172 Å². The molecule has 3 rings (SSSR count). The van der Waals surface area contributed by atoms with Gasteiger partial charge in [-0.05, 0) is 46.3 Å². The number of nitro groups is 1. The second-order valence-corrected chi connectivity index (χ2v) is 7.19. The van der Waals surface area contributed by atoms with E-state index in [4.69, 9.17) is 9.47 Å². The van der Waals surface area contributed by atoms with Crippen molar-refractivity contribution >= 4 is 44.0 Å². The highest BCUT2D eigenvalue weighted by Crippen LogP contribution is 2.35. The number of amides is 1. The first kappa shape index (κ1) is 19.8. The number of rotatable bonds is 6. The van der Waals surface area contributed by atoms with Gasteiger partial charge in [0.2, 0.25) is 0 Å². The van der Waals surface area contributed by atoms with Crippen LogP contribution in [-0.4, -0.2) is 30.0 Å². The van der Waals surface area contributed by atoms with Gasteiger partial charge in [-0.15, -0.1) is 11.3 Å². The molecular formula is C18H14BrN3O5S. The molecule has 0 saturated carbocycles. The van der Waals surface area contributed by atoms with E-state index in [-0.39, 0.29) is 11.3 Å². The summed E-state index contributed by atoms with van der Waals surface area (Å²) in [5, 5.41) is 15.8. The molecule has 0 fully saturated rings. The Morgan fingerprint density at radius 3 is 2.68 bits per heavy atom. The van der Waals surface area contributed by atoms with E-state index >= 15 is 0 Å². The number of ether oxygens (including phenoxy) is 2. The Kier molecular flexibility index (Phi) is 5.90. The fraction of sp³-hybridized carbons (Fsp3) is 0.111. The normalized spacial score (nSPS) is 10.4. The van der Waals surface area contributed by atoms with Crippen LogP contribution in [0.25, 0.3) is 11.3 Å². The van der Waals surface area contributed by atoms with Crippen LogP contribution >= 0.6 is 27.3 Å². The van der Waals surface area contributed by atoms with E-state index in [1.165, 1.54) is 29.5 Å². The molecule has 0 spiro atoms. The van der Waals surface area contributed by atoms with Crippen molar-refractivity contribution < 1.29 is 19.2 Å². The van der Waals surface area contributed by atoms with Gasteiger partial charge in [0, 0.05) is 22.6 Å². The summed E-state index contributed by atoms with van der Waals surface area (Å²) < 4.78 is 10.9. The van der Waals surface area contributed by atoms with Gasteiger partial charge in [-0.25, -0.2) is 4.98 Å². The lowest BCUT2D eigenvalue weighted by molar-refractivity contribution is -0.385. The van der Waals surface area contributed by atoms with E-state index in [0.717, 1.165) is 5.56 Å². The monoisotopic (exact) mass is 463 g/mol. The Morgan fingerprint density at radius 1 is 1.21 bits per heavy atom. The highest BCUT2D eigenvalue weighted by molar-refractivity contribution is 9.10. The van der Waals surface area contributed by atoms with Crippen LogP contribution in [0.1, 0.15) is 10.4 Å². The van der Waals surface area contributed by atoms with Crippen LogP contribution in [0.2, 0.25) is 0 Å². The topological polar surface area (TPSA) is 104 Å². The van der Waals surface area contributed by atoms with E-state index in [1.54, 1.807) is 37.8 Å². The third-order valence-corrected chi connectivity index (χ3v) is 5.24. The molecule has 1 amide bonds. The van der Waals surface area contributed by atoms with Crippen molar-refractivity contribution in [1.29, 1.82) is 0 Å². The van der Waals surface area contributed by atoms with Crippen LogP contribution in [0.4, 0.5) is 10.8 Å². The largest absolute Gasteiger partial charge is 0.497 e. The summed E-state index contributed by atoms with van der Waals surface area (Å²) in [7, 11) is 3.12. The van der Waals surface area contributed by atoms with E-state index in [1.807, 2.05) is 0 Å². The number of anilines is 1. The predicted octanol–water partition coefficient (Wildman–Crippen LogP) is 4.75. The summed E-state index contributed by atoms with van der Waals surface area (Å²) in [6, 6.07) is 9.49. The van der Waals surface area contributed by atoms with Crippen molar-refractivity contribution in [3.63, 3.8) is 0 Å². The molecule has 144 valence electrons. The smallest absolute Gasteiger partial charge is 0.284 e. The number of nitrogens with one attached hydrogen (secondary N) is 1. The zero-order valence-corrected chi connectivity index (χ0v) is 17.2. The molecule has 10 heteroatoms. The van der Waals surface area contributed by atoms with E-state index in [2.05, 4.69) is 26.2 Å². The summed E-state index contributed by atoms with van der Waals surface area (Å²) in [6.07, 6.45) is 0. The maximum atomic E-state index is 12.4. The first-order chi connectivity index (χ1) is 13.4. The lowest BCUT2D eigenvalue weighted by Gasteiger charge is -2.08. The fourth-order valence-corrected chi connectivity index (χ4v) is 3.53.